The van der Waals surface area contributed by atoms with Crippen LogP contribution in [0.25, 0.3) is 0 Å². The topological polar surface area (TPSA) is 62.1 Å². The second kappa shape index (κ2) is 8.00. The van der Waals surface area contributed by atoms with Gasteiger partial charge in [-0.15, -0.1) is 0 Å². The van der Waals surface area contributed by atoms with Crippen molar-refractivity contribution >= 4 is 11.6 Å². The zero-order valence-electron chi connectivity index (χ0n) is 13.4. The molecule has 0 fully saturated rings. The van der Waals surface area contributed by atoms with Crippen LogP contribution in [0.4, 0.5) is 5.69 Å². The van der Waals surface area contributed by atoms with Gasteiger partial charge in [0.05, 0.1) is 11.6 Å². The lowest BCUT2D eigenvalue weighted by molar-refractivity contribution is -0.118. The number of hydrogen-bond acceptors (Lipinski definition) is 3. The second-order valence-electron chi connectivity index (χ2n) is 5.41. The van der Waals surface area contributed by atoms with Crippen LogP contribution in [0.15, 0.2) is 48.5 Å². The summed E-state index contributed by atoms with van der Waals surface area (Å²) in [5, 5.41) is 11.6. The maximum Gasteiger partial charge on any atom is 0.262 e. The van der Waals surface area contributed by atoms with Gasteiger partial charge in [-0.25, -0.2) is 0 Å². The molecule has 0 aliphatic carbocycles. The zero-order valence-corrected chi connectivity index (χ0v) is 13.4. The highest BCUT2D eigenvalue weighted by Crippen LogP contribution is 2.20. The lowest BCUT2D eigenvalue weighted by Gasteiger charge is -2.11. The molecule has 0 aliphatic rings. The molecule has 0 aliphatic heterocycles. The van der Waals surface area contributed by atoms with Gasteiger partial charge < -0.3 is 10.1 Å². The van der Waals surface area contributed by atoms with Crippen molar-refractivity contribution in [2.75, 3.05) is 11.9 Å². The van der Waals surface area contributed by atoms with E-state index in [-0.39, 0.29) is 12.5 Å². The first-order valence-corrected chi connectivity index (χ1v) is 7.65. The predicted molar refractivity (Wildman–Crippen MR) is 90.4 cm³/mol. The molecule has 1 atom stereocenters. The first-order chi connectivity index (χ1) is 11.1. The normalized spacial score (nSPS) is 11.3. The summed E-state index contributed by atoms with van der Waals surface area (Å²) >= 11 is 0. The lowest BCUT2D eigenvalue weighted by atomic mass is 9.99. The number of benzene rings is 2. The number of carbonyl (C=O) groups excluding carboxylic acids is 1. The molecule has 1 amide bonds. The summed E-state index contributed by atoms with van der Waals surface area (Å²) in [6.07, 6.45) is 1.08. The number of rotatable bonds is 6. The van der Waals surface area contributed by atoms with Gasteiger partial charge in [0, 0.05) is 5.69 Å². The van der Waals surface area contributed by atoms with E-state index in [0.29, 0.717) is 17.2 Å². The largest absolute Gasteiger partial charge is 0.484 e. The van der Waals surface area contributed by atoms with Crippen LogP contribution in [0.3, 0.4) is 0 Å². The van der Waals surface area contributed by atoms with Gasteiger partial charge in [0.25, 0.3) is 5.91 Å². The second-order valence-corrected chi connectivity index (χ2v) is 5.41. The maximum absolute atomic E-state index is 11.9. The lowest BCUT2D eigenvalue weighted by Crippen LogP contribution is -2.20. The van der Waals surface area contributed by atoms with Crippen molar-refractivity contribution in [3.8, 4) is 11.8 Å². The van der Waals surface area contributed by atoms with Gasteiger partial charge in [0.1, 0.15) is 5.75 Å². The van der Waals surface area contributed by atoms with Crippen LogP contribution in [-0.2, 0) is 4.79 Å². The van der Waals surface area contributed by atoms with E-state index in [1.165, 1.54) is 5.56 Å². The smallest absolute Gasteiger partial charge is 0.262 e. The van der Waals surface area contributed by atoms with E-state index in [1.54, 1.807) is 24.3 Å². The average molecular weight is 308 g/mol. The van der Waals surface area contributed by atoms with Crippen molar-refractivity contribution in [1.82, 2.24) is 0 Å². The van der Waals surface area contributed by atoms with Gasteiger partial charge in [-0.1, -0.05) is 32.0 Å². The number of nitrogens with one attached hydrogen (secondary N) is 1. The Bertz CT molecular complexity index is 702. The molecule has 0 bridgehead atoms. The molecule has 2 aromatic carbocycles. The minimum Gasteiger partial charge on any atom is -0.484 e. The Kier molecular flexibility index (Phi) is 5.76. The molecule has 0 radical (unpaired) electrons. The van der Waals surface area contributed by atoms with Crippen molar-refractivity contribution in [1.29, 1.82) is 5.26 Å². The fourth-order valence-electron chi connectivity index (χ4n) is 2.13. The monoisotopic (exact) mass is 308 g/mol. The molecule has 2 aromatic rings. The van der Waals surface area contributed by atoms with Crippen LogP contribution in [0.2, 0.25) is 0 Å². The van der Waals surface area contributed by atoms with E-state index in [2.05, 4.69) is 19.2 Å². The molecule has 2 rings (SSSR count). The fraction of sp³-hybridized carbons (Fsp3) is 0.263. The third-order valence-electron chi connectivity index (χ3n) is 3.71. The number of ether oxygens (including phenoxy) is 1. The van der Waals surface area contributed by atoms with Crippen molar-refractivity contribution < 1.29 is 9.53 Å². The molecule has 4 heteroatoms. The fourth-order valence-corrected chi connectivity index (χ4v) is 2.13. The summed E-state index contributed by atoms with van der Waals surface area (Å²) in [5.74, 6) is 0.783. The van der Waals surface area contributed by atoms with E-state index >= 15 is 0 Å². The van der Waals surface area contributed by atoms with E-state index in [0.717, 1.165) is 12.1 Å². The highest BCUT2D eigenvalue weighted by molar-refractivity contribution is 5.91. The summed E-state index contributed by atoms with van der Waals surface area (Å²) in [4.78, 5) is 11.9. The predicted octanol–water partition coefficient (Wildman–Crippen LogP) is 4.09. The Hall–Kier alpha value is -2.80. The molecule has 0 saturated heterocycles. The third kappa shape index (κ3) is 4.86. The van der Waals surface area contributed by atoms with Crippen molar-refractivity contribution in [2.45, 2.75) is 26.2 Å². The Morgan fingerprint density at radius 2 is 2.00 bits per heavy atom. The van der Waals surface area contributed by atoms with Crippen molar-refractivity contribution in [3.63, 3.8) is 0 Å². The number of hydrogen-bond donors (Lipinski definition) is 1. The molecule has 1 N–H and O–H groups in total. The van der Waals surface area contributed by atoms with E-state index in [4.69, 9.17) is 10.00 Å². The summed E-state index contributed by atoms with van der Waals surface area (Å²) in [7, 11) is 0. The molecule has 0 aromatic heterocycles. The van der Waals surface area contributed by atoms with Crippen LogP contribution in [0, 0.1) is 11.3 Å². The highest BCUT2D eigenvalue weighted by Gasteiger charge is 2.06. The first-order valence-electron chi connectivity index (χ1n) is 7.65. The summed E-state index contributed by atoms with van der Waals surface area (Å²) in [6.45, 7) is 4.23. The molecular weight excluding hydrogens is 288 g/mol. The summed E-state index contributed by atoms with van der Waals surface area (Å²) < 4.78 is 5.40. The average Bonchev–Trinajstić information content (AvgIpc) is 2.60. The first kappa shape index (κ1) is 16.6. The van der Waals surface area contributed by atoms with Gasteiger partial charge in [0.15, 0.2) is 6.61 Å². The van der Waals surface area contributed by atoms with Crippen LogP contribution in [-0.4, -0.2) is 12.5 Å². The van der Waals surface area contributed by atoms with E-state index in [9.17, 15) is 4.79 Å². The number of nitrogens with zero attached hydrogens (tertiary/aromatic N) is 1. The summed E-state index contributed by atoms with van der Waals surface area (Å²) in [5.41, 5.74) is 2.51. The van der Waals surface area contributed by atoms with Gasteiger partial charge in [-0.3, -0.25) is 4.79 Å². The van der Waals surface area contributed by atoms with Gasteiger partial charge in [0.2, 0.25) is 0 Å². The Labute approximate surface area is 136 Å². The SMILES string of the molecule is CC[C@H](C)c1ccc(NC(=O)COc2cccc(C#N)c2)cc1. The molecule has 0 spiro atoms. The Morgan fingerprint density at radius 1 is 1.26 bits per heavy atom. The Morgan fingerprint density at radius 3 is 2.65 bits per heavy atom. The minimum absolute atomic E-state index is 0.0952. The maximum atomic E-state index is 11.9. The molecule has 118 valence electrons. The third-order valence-corrected chi connectivity index (χ3v) is 3.71. The van der Waals surface area contributed by atoms with Crippen LogP contribution >= 0.6 is 0 Å². The standard InChI is InChI=1S/C19H20N2O2/c1-3-14(2)16-7-9-17(10-8-16)21-19(22)13-23-18-6-4-5-15(11-18)12-20/h4-11,14H,3,13H2,1-2H3,(H,21,22)/t14-/m0/s1. The molecule has 0 unspecified atom stereocenters. The summed E-state index contributed by atoms with van der Waals surface area (Å²) in [6, 6.07) is 16.6. The van der Waals surface area contributed by atoms with Gasteiger partial charge in [-0.2, -0.15) is 5.26 Å². The molecule has 0 saturated carbocycles. The highest BCUT2D eigenvalue weighted by atomic mass is 16.5. The molecule has 4 nitrogen and oxygen atoms in total. The van der Waals surface area contributed by atoms with Gasteiger partial charge in [-0.05, 0) is 48.2 Å². The number of nitriles is 1. The molecular formula is C19H20N2O2. The van der Waals surface area contributed by atoms with E-state index < -0.39 is 0 Å². The van der Waals surface area contributed by atoms with Crippen molar-refractivity contribution in [2.24, 2.45) is 0 Å². The quantitative estimate of drug-likeness (QED) is 0.874. The van der Waals surface area contributed by atoms with E-state index in [1.807, 2.05) is 30.3 Å². The number of anilines is 1. The Balaban J connectivity index is 1.88. The van der Waals surface area contributed by atoms with Crippen LogP contribution < -0.4 is 10.1 Å². The number of amides is 1. The van der Waals surface area contributed by atoms with Crippen LogP contribution in [0.5, 0.6) is 5.75 Å². The van der Waals surface area contributed by atoms with Crippen molar-refractivity contribution in [3.05, 3.63) is 59.7 Å². The molecule has 23 heavy (non-hydrogen) atoms. The number of carbonyl (C=O) groups is 1. The van der Waals surface area contributed by atoms with Gasteiger partial charge >= 0.3 is 0 Å². The zero-order chi connectivity index (χ0) is 16.7. The minimum atomic E-state index is -0.233. The van der Waals surface area contributed by atoms with Crippen LogP contribution in [0.1, 0.15) is 37.3 Å². The molecule has 0 heterocycles.